The van der Waals surface area contributed by atoms with Gasteiger partial charge in [0.15, 0.2) is 0 Å². The number of hydrogen-bond donors (Lipinski definition) is 1. The van der Waals surface area contributed by atoms with Crippen LogP contribution in [0, 0.1) is 12.7 Å². The van der Waals surface area contributed by atoms with E-state index in [4.69, 9.17) is 0 Å². The highest BCUT2D eigenvalue weighted by atomic mass is 19.1. The van der Waals surface area contributed by atoms with Gasteiger partial charge in [0.25, 0.3) is 11.8 Å². The quantitative estimate of drug-likeness (QED) is 0.436. The molecular weight excluding hydrogens is 469 g/mol. The van der Waals surface area contributed by atoms with Crippen molar-refractivity contribution in [2.45, 2.75) is 26.3 Å². The largest absolute Gasteiger partial charge is 0.352 e. The molecule has 1 aliphatic rings. The Hall–Kier alpha value is -4.33. The van der Waals surface area contributed by atoms with Crippen LogP contribution in [0.25, 0.3) is 11.1 Å². The molecule has 8 heteroatoms. The topological polar surface area (TPSA) is 80.1 Å². The van der Waals surface area contributed by atoms with E-state index >= 15 is 0 Å². The maximum absolute atomic E-state index is 14.1. The predicted octanol–water partition coefficient (Wildman–Crippen LogP) is 4.06. The molecule has 0 saturated carbocycles. The number of halogens is 1. The van der Waals surface area contributed by atoms with Crippen molar-refractivity contribution in [1.29, 1.82) is 0 Å². The van der Waals surface area contributed by atoms with Crippen molar-refractivity contribution < 1.29 is 14.0 Å². The molecule has 0 aliphatic carbocycles. The fourth-order valence-corrected chi connectivity index (χ4v) is 4.54. The molecule has 0 unspecified atom stereocenters. The Kier molecular flexibility index (Phi) is 7.07. The smallest absolute Gasteiger partial charge is 0.253 e. The molecule has 0 saturated heterocycles. The fourth-order valence-electron chi connectivity index (χ4n) is 4.54. The van der Waals surface area contributed by atoms with Crippen LogP contribution in [-0.2, 0) is 19.4 Å². The number of rotatable bonds is 6. The number of fused-ring (bicyclic) bond motifs is 1. The lowest BCUT2D eigenvalue weighted by Gasteiger charge is -2.20. The standard InChI is InChI=1S/C29H28FN5O2/c1-20-6-8-22(9-7-20)28(36)31-16-14-26-32-33-27-15-17-34(18-19-35(26)27)29(37)23-12-10-21(11-13-23)24-4-2-3-5-25(24)30/h2-13H,14-19H2,1H3,(H,31,36). The normalized spacial score (nSPS) is 13.1. The molecule has 3 aromatic carbocycles. The molecule has 0 spiro atoms. The van der Waals surface area contributed by atoms with Gasteiger partial charge in [0.2, 0.25) is 0 Å². The highest BCUT2D eigenvalue weighted by Gasteiger charge is 2.23. The number of nitrogens with one attached hydrogen (secondary N) is 1. The van der Waals surface area contributed by atoms with E-state index in [1.54, 1.807) is 42.5 Å². The molecule has 0 bridgehead atoms. The van der Waals surface area contributed by atoms with Crippen molar-refractivity contribution in [3.8, 4) is 11.1 Å². The third-order valence-corrected chi connectivity index (χ3v) is 6.65. The van der Waals surface area contributed by atoms with Gasteiger partial charge in [0.05, 0.1) is 0 Å². The molecule has 2 heterocycles. The highest BCUT2D eigenvalue weighted by molar-refractivity contribution is 5.95. The van der Waals surface area contributed by atoms with Crippen LogP contribution in [0.5, 0.6) is 0 Å². The zero-order valence-electron chi connectivity index (χ0n) is 20.7. The van der Waals surface area contributed by atoms with Gasteiger partial charge in [-0.2, -0.15) is 0 Å². The van der Waals surface area contributed by atoms with Crippen molar-refractivity contribution in [3.63, 3.8) is 0 Å². The van der Waals surface area contributed by atoms with Crippen LogP contribution in [0.4, 0.5) is 4.39 Å². The summed E-state index contributed by atoms with van der Waals surface area (Å²) in [5, 5.41) is 11.6. The van der Waals surface area contributed by atoms with Gasteiger partial charge in [-0.1, -0.05) is 48.0 Å². The Morgan fingerprint density at radius 3 is 2.38 bits per heavy atom. The average molecular weight is 498 g/mol. The van der Waals surface area contributed by atoms with Crippen LogP contribution in [-0.4, -0.2) is 51.1 Å². The van der Waals surface area contributed by atoms with E-state index in [0.717, 1.165) is 22.8 Å². The number of amides is 2. The van der Waals surface area contributed by atoms with Crippen molar-refractivity contribution in [2.75, 3.05) is 19.6 Å². The lowest BCUT2D eigenvalue weighted by molar-refractivity contribution is 0.0758. The van der Waals surface area contributed by atoms with Crippen LogP contribution < -0.4 is 5.32 Å². The van der Waals surface area contributed by atoms with Crippen LogP contribution in [0.15, 0.2) is 72.8 Å². The predicted molar refractivity (Wildman–Crippen MR) is 139 cm³/mol. The summed E-state index contributed by atoms with van der Waals surface area (Å²) in [6.45, 7) is 4.08. The van der Waals surface area contributed by atoms with Crippen LogP contribution in [0.3, 0.4) is 0 Å². The molecule has 0 radical (unpaired) electrons. The van der Waals surface area contributed by atoms with E-state index in [1.165, 1.54) is 6.07 Å². The van der Waals surface area contributed by atoms with E-state index in [2.05, 4.69) is 15.5 Å². The van der Waals surface area contributed by atoms with E-state index in [0.29, 0.717) is 55.7 Å². The number of benzene rings is 3. The zero-order chi connectivity index (χ0) is 25.8. The van der Waals surface area contributed by atoms with E-state index in [1.807, 2.05) is 40.7 Å². The van der Waals surface area contributed by atoms with Crippen molar-refractivity contribution in [3.05, 3.63) is 107 Å². The minimum atomic E-state index is -0.289. The highest BCUT2D eigenvalue weighted by Crippen LogP contribution is 2.23. The zero-order valence-corrected chi connectivity index (χ0v) is 20.7. The van der Waals surface area contributed by atoms with Gasteiger partial charge in [-0.3, -0.25) is 9.59 Å². The number of nitrogens with zero attached hydrogens (tertiary/aromatic N) is 4. The summed E-state index contributed by atoms with van der Waals surface area (Å²) in [5.74, 6) is 1.16. The SMILES string of the molecule is Cc1ccc(C(=O)NCCc2nnc3n2CCN(C(=O)c2ccc(-c4ccccc4F)cc2)CC3)cc1. The molecule has 0 atom stereocenters. The Balaban J connectivity index is 1.18. The number of hydrogen-bond acceptors (Lipinski definition) is 4. The molecule has 188 valence electrons. The van der Waals surface area contributed by atoms with Gasteiger partial charge in [-0.05, 0) is 42.8 Å². The summed E-state index contributed by atoms with van der Waals surface area (Å²) >= 11 is 0. The van der Waals surface area contributed by atoms with Crippen LogP contribution in [0.1, 0.15) is 37.9 Å². The average Bonchev–Trinajstić information content (AvgIpc) is 3.17. The van der Waals surface area contributed by atoms with Gasteiger partial charge in [-0.15, -0.1) is 10.2 Å². The molecular formula is C29H28FN5O2. The first-order chi connectivity index (χ1) is 18.0. The van der Waals surface area contributed by atoms with Crippen molar-refractivity contribution in [1.82, 2.24) is 25.0 Å². The van der Waals surface area contributed by atoms with Gasteiger partial charge in [-0.25, -0.2) is 4.39 Å². The molecule has 5 rings (SSSR count). The minimum Gasteiger partial charge on any atom is -0.352 e. The second-order valence-corrected chi connectivity index (χ2v) is 9.16. The van der Waals surface area contributed by atoms with E-state index in [9.17, 15) is 14.0 Å². The molecule has 2 amide bonds. The number of carbonyl (C=O) groups is 2. The number of aryl methyl sites for hydroxylation is 1. The van der Waals surface area contributed by atoms with Gasteiger partial charge < -0.3 is 14.8 Å². The minimum absolute atomic E-state index is 0.0642. The first-order valence-electron chi connectivity index (χ1n) is 12.4. The summed E-state index contributed by atoms with van der Waals surface area (Å²) in [6, 6.07) is 21.1. The first-order valence-corrected chi connectivity index (χ1v) is 12.4. The fraction of sp³-hybridized carbons (Fsp3) is 0.241. The van der Waals surface area contributed by atoms with Gasteiger partial charge in [0.1, 0.15) is 17.5 Å². The summed E-state index contributed by atoms with van der Waals surface area (Å²) in [4.78, 5) is 27.4. The molecule has 1 aliphatic heterocycles. The van der Waals surface area contributed by atoms with Crippen LogP contribution >= 0.6 is 0 Å². The monoisotopic (exact) mass is 497 g/mol. The lowest BCUT2D eigenvalue weighted by atomic mass is 10.0. The second-order valence-electron chi connectivity index (χ2n) is 9.16. The summed E-state index contributed by atoms with van der Waals surface area (Å²) in [5.41, 5.74) is 3.54. The Morgan fingerprint density at radius 2 is 1.62 bits per heavy atom. The van der Waals surface area contributed by atoms with E-state index in [-0.39, 0.29) is 17.6 Å². The maximum atomic E-state index is 14.1. The summed E-state index contributed by atoms with van der Waals surface area (Å²) in [7, 11) is 0. The Labute approximate surface area is 215 Å². The van der Waals surface area contributed by atoms with Crippen molar-refractivity contribution in [2.24, 2.45) is 0 Å². The lowest BCUT2D eigenvalue weighted by Crippen LogP contribution is -2.33. The molecule has 0 fully saturated rings. The number of carbonyl (C=O) groups excluding carboxylic acids is 2. The molecule has 7 nitrogen and oxygen atoms in total. The second kappa shape index (κ2) is 10.7. The first kappa shape index (κ1) is 24.4. The molecule has 1 aromatic heterocycles. The van der Waals surface area contributed by atoms with Crippen LogP contribution in [0.2, 0.25) is 0 Å². The molecule has 37 heavy (non-hydrogen) atoms. The summed E-state index contributed by atoms with van der Waals surface area (Å²) < 4.78 is 16.1. The van der Waals surface area contributed by atoms with Crippen molar-refractivity contribution >= 4 is 11.8 Å². The van der Waals surface area contributed by atoms with Gasteiger partial charge in [0, 0.05) is 55.7 Å². The summed E-state index contributed by atoms with van der Waals surface area (Å²) in [6.07, 6.45) is 1.15. The Bertz CT molecular complexity index is 1410. The Morgan fingerprint density at radius 1 is 0.892 bits per heavy atom. The van der Waals surface area contributed by atoms with E-state index < -0.39 is 0 Å². The third kappa shape index (κ3) is 5.43. The van der Waals surface area contributed by atoms with Gasteiger partial charge >= 0.3 is 0 Å². The molecule has 4 aromatic rings. The third-order valence-electron chi connectivity index (χ3n) is 6.65. The molecule has 1 N–H and O–H groups in total. The number of aromatic nitrogens is 3. The maximum Gasteiger partial charge on any atom is 0.253 e.